The van der Waals surface area contributed by atoms with Crippen molar-refractivity contribution in [2.45, 2.75) is 25.8 Å². The van der Waals surface area contributed by atoms with Crippen LogP contribution in [0.25, 0.3) is 0 Å². The molecule has 3 rings (SSSR count). The van der Waals surface area contributed by atoms with Crippen LogP contribution in [-0.2, 0) is 17.8 Å². The Hall–Kier alpha value is -1.68. The molecule has 0 atom stereocenters. The van der Waals surface area contributed by atoms with E-state index in [4.69, 9.17) is 0 Å². The van der Waals surface area contributed by atoms with Crippen LogP contribution in [0.2, 0.25) is 0 Å². The molecule has 0 saturated heterocycles. The summed E-state index contributed by atoms with van der Waals surface area (Å²) in [5.41, 5.74) is 2.59. The second-order valence-corrected chi connectivity index (χ2v) is 6.11. The van der Waals surface area contributed by atoms with Gasteiger partial charge in [0.05, 0.1) is 6.54 Å². The zero-order valence-corrected chi connectivity index (χ0v) is 13.1. The quantitative estimate of drug-likeness (QED) is 0.785. The Bertz CT molecular complexity index is 686. The van der Waals surface area contributed by atoms with E-state index >= 15 is 0 Å². The smallest absolute Gasteiger partial charge is 0.227 e. The number of nitrogens with zero attached hydrogens (tertiary/aromatic N) is 1. The third kappa shape index (κ3) is 3.00. The molecule has 0 aromatic heterocycles. The second kappa shape index (κ2) is 5.98. The van der Waals surface area contributed by atoms with Gasteiger partial charge in [-0.3, -0.25) is 4.79 Å². The van der Waals surface area contributed by atoms with Gasteiger partial charge >= 0.3 is 0 Å². The maximum absolute atomic E-state index is 14.0. The van der Waals surface area contributed by atoms with Crippen molar-refractivity contribution >= 4 is 27.5 Å². The molecule has 21 heavy (non-hydrogen) atoms. The number of hydrogen-bond donors (Lipinski definition) is 0. The molecule has 0 bridgehead atoms. The Morgan fingerprint density at radius 1 is 1.14 bits per heavy atom. The van der Waals surface area contributed by atoms with Crippen LogP contribution in [0.1, 0.15) is 24.0 Å². The predicted molar refractivity (Wildman–Crippen MR) is 84.7 cm³/mol. The lowest BCUT2D eigenvalue weighted by atomic mass is 10.1. The van der Waals surface area contributed by atoms with Gasteiger partial charge in [0.25, 0.3) is 0 Å². The molecule has 0 aliphatic carbocycles. The van der Waals surface area contributed by atoms with E-state index in [1.165, 1.54) is 6.07 Å². The highest BCUT2D eigenvalue weighted by atomic mass is 79.9. The standard InChI is InChI=1S/C17H15BrFNO/c18-14-9-8-13(15(19)10-14)11-20-16-6-2-1-4-12(16)5-3-7-17(20)21/h1-2,4,6,8-10H,3,5,7,11H2. The molecule has 0 radical (unpaired) electrons. The maximum atomic E-state index is 14.0. The Labute approximate surface area is 131 Å². The molecule has 2 aromatic carbocycles. The first-order valence-corrected chi connectivity index (χ1v) is 7.76. The summed E-state index contributed by atoms with van der Waals surface area (Å²) in [6.07, 6.45) is 2.24. The molecule has 0 fully saturated rings. The Morgan fingerprint density at radius 3 is 2.76 bits per heavy atom. The number of halogens is 2. The first kappa shape index (κ1) is 14.3. The monoisotopic (exact) mass is 347 g/mol. The van der Waals surface area contributed by atoms with Crippen molar-refractivity contribution in [3.8, 4) is 0 Å². The molecule has 1 aliphatic rings. The number of fused-ring (bicyclic) bond motifs is 1. The minimum Gasteiger partial charge on any atom is -0.308 e. The van der Waals surface area contributed by atoms with Crippen molar-refractivity contribution in [1.29, 1.82) is 0 Å². The molecular weight excluding hydrogens is 333 g/mol. The predicted octanol–water partition coefficient (Wildman–Crippen LogP) is 4.46. The zero-order chi connectivity index (χ0) is 14.8. The first-order valence-electron chi connectivity index (χ1n) is 6.97. The fourth-order valence-corrected chi connectivity index (χ4v) is 3.01. The van der Waals surface area contributed by atoms with Crippen LogP contribution in [0.4, 0.5) is 10.1 Å². The van der Waals surface area contributed by atoms with Gasteiger partial charge < -0.3 is 4.90 Å². The van der Waals surface area contributed by atoms with Gasteiger partial charge in [0.2, 0.25) is 5.91 Å². The van der Waals surface area contributed by atoms with Crippen LogP contribution in [0.5, 0.6) is 0 Å². The van der Waals surface area contributed by atoms with Gasteiger partial charge in [-0.1, -0.05) is 40.2 Å². The van der Waals surface area contributed by atoms with Crippen molar-refractivity contribution in [2.24, 2.45) is 0 Å². The van der Waals surface area contributed by atoms with Crippen LogP contribution in [0, 0.1) is 5.82 Å². The minimum absolute atomic E-state index is 0.0577. The topological polar surface area (TPSA) is 20.3 Å². The number of carbonyl (C=O) groups excluding carboxylic acids is 1. The molecule has 0 N–H and O–H groups in total. The first-order chi connectivity index (χ1) is 10.1. The highest BCUT2D eigenvalue weighted by Crippen LogP contribution is 2.29. The SMILES string of the molecule is O=C1CCCc2ccccc2N1Cc1ccc(Br)cc1F. The van der Waals surface area contributed by atoms with Gasteiger partial charge in [0.1, 0.15) is 5.82 Å². The lowest BCUT2D eigenvalue weighted by molar-refractivity contribution is -0.118. The third-order valence-electron chi connectivity index (χ3n) is 3.76. The highest BCUT2D eigenvalue weighted by molar-refractivity contribution is 9.10. The molecule has 108 valence electrons. The van der Waals surface area contributed by atoms with E-state index in [-0.39, 0.29) is 18.3 Å². The molecule has 1 aliphatic heterocycles. The van der Waals surface area contributed by atoms with Crippen LogP contribution in [-0.4, -0.2) is 5.91 Å². The minimum atomic E-state index is -0.293. The van der Waals surface area contributed by atoms with Crippen LogP contribution < -0.4 is 4.90 Å². The number of amides is 1. The average Bonchev–Trinajstić information content (AvgIpc) is 2.62. The van der Waals surface area contributed by atoms with E-state index in [1.807, 2.05) is 24.3 Å². The van der Waals surface area contributed by atoms with Crippen molar-refractivity contribution in [3.05, 3.63) is 63.9 Å². The number of para-hydroxylation sites is 1. The molecule has 0 saturated carbocycles. The fourth-order valence-electron chi connectivity index (χ4n) is 2.68. The summed E-state index contributed by atoms with van der Waals surface area (Å²) in [6.45, 7) is 0.273. The highest BCUT2D eigenvalue weighted by Gasteiger charge is 2.22. The largest absolute Gasteiger partial charge is 0.308 e. The maximum Gasteiger partial charge on any atom is 0.227 e. The lowest BCUT2D eigenvalue weighted by Gasteiger charge is -2.23. The average molecular weight is 348 g/mol. The molecule has 0 spiro atoms. The lowest BCUT2D eigenvalue weighted by Crippen LogP contribution is -2.30. The molecule has 1 amide bonds. The summed E-state index contributed by atoms with van der Waals surface area (Å²) in [5, 5.41) is 0. The number of anilines is 1. The summed E-state index contributed by atoms with van der Waals surface area (Å²) in [5.74, 6) is -0.235. The van der Waals surface area contributed by atoms with Gasteiger partial charge in [-0.15, -0.1) is 0 Å². The number of benzene rings is 2. The number of hydrogen-bond acceptors (Lipinski definition) is 1. The Kier molecular flexibility index (Phi) is 4.06. The van der Waals surface area contributed by atoms with Crippen molar-refractivity contribution < 1.29 is 9.18 Å². The summed E-state index contributed by atoms with van der Waals surface area (Å²) in [7, 11) is 0. The van der Waals surface area contributed by atoms with Crippen LogP contribution in [0.15, 0.2) is 46.9 Å². The fraction of sp³-hybridized carbons (Fsp3) is 0.235. The molecule has 0 unspecified atom stereocenters. The number of rotatable bonds is 2. The van der Waals surface area contributed by atoms with E-state index in [0.29, 0.717) is 16.5 Å². The summed E-state index contributed by atoms with van der Waals surface area (Å²) >= 11 is 3.25. The molecule has 1 heterocycles. The van der Waals surface area contributed by atoms with Gasteiger partial charge in [-0.05, 0) is 36.6 Å². The van der Waals surface area contributed by atoms with Gasteiger partial charge in [-0.25, -0.2) is 4.39 Å². The van der Waals surface area contributed by atoms with Gasteiger partial charge in [-0.2, -0.15) is 0 Å². The second-order valence-electron chi connectivity index (χ2n) is 5.20. The number of aryl methyl sites for hydroxylation is 1. The van der Waals surface area contributed by atoms with Gasteiger partial charge in [0.15, 0.2) is 0 Å². The van der Waals surface area contributed by atoms with E-state index in [2.05, 4.69) is 15.9 Å². The van der Waals surface area contributed by atoms with E-state index in [9.17, 15) is 9.18 Å². The van der Waals surface area contributed by atoms with Crippen LogP contribution >= 0.6 is 15.9 Å². The molecule has 2 nitrogen and oxygen atoms in total. The Morgan fingerprint density at radius 2 is 1.95 bits per heavy atom. The van der Waals surface area contributed by atoms with Crippen LogP contribution in [0.3, 0.4) is 0 Å². The van der Waals surface area contributed by atoms with E-state index < -0.39 is 0 Å². The molecule has 2 aromatic rings. The third-order valence-corrected chi connectivity index (χ3v) is 4.26. The summed E-state index contributed by atoms with van der Waals surface area (Å²) in [6, 6.07) is 12.8. The molecule has 4 heteroatoms. The number of carbonyl (C=O) groups is 1. The Balaban J connectivity index is 1.98. The summed E-state index contributed by atoms with van der Waals surface area (Å²) < 4.78 is 14.7. The molecular formula is C17H15BrFNO. The van der Waals surface area contributed by atoms with E-state index in [0.717, 1.165) is 24.1 Å². The normalized spacial score (nSPS) is 14.8. The van der Waals surface area contributed by atoms with Gasteiger partial charge in [0, 0.05) is 22.1 Å². The van der Waals surface area contributed by atoms with Crippen molar-refractivity contribution in [1.82, 2.24) is 0 Å². The zero-order valence-electron chi connectivity index (χ0n) is 11.5. The van der Waals surface area contributed by atoms with Crippen molar-refractivity contribution in [2.75, 3.05) is 4.90 Å². The van der Waals surface area contributed by atoms with E-state index in [1.54, 1.807) is 17.0 Å². The summed E-state index contributed by atoms with van der Waals surface area (Å²) in [4.78, 5) is 14.1. The van der Waals surface area contributed by atoms with Crippen molar-refractivity contribution in [3.63, 3.8) is 0 Å².